The zero-order valence-corrected chi connectivity index (χ0v) is 13.3. The quantitative estimate of drug-likeness (QED) is 0.783. The third-order valence-corrected chi connectivity index (χ3v) is 3.96. The van der Waals surface area contributed by atoms with E-state index in [4.69, 9.17) is 9.47 Å². The van der Waals surface area contributed by atoms with E-state index in [9.17, 15) is 13.6 Å². The number of halogens is 2. The van der Waals surface area contributed by atoms with Gasteiger partial charge in [-0.15, -0.1) is 0 Å². The fourth-order valence-electron chi connectivity index (χ4n) is 2.74. The molecule has 0 radical (unpaired) electrons. The molecule has 0 aromatic heterocycles. The van der Waals surface area contributed by atoms with E-state index in [2.05, 4.69) is 5.32 Å². The Morgan fingerprint density at radius 2 is 2.26 bits per heavy atom. The lowest BCUT2D eigenvalue weighted by Gasteiger charge is -2.27. The van der Waals surface area contributed by atoms with Crippen LogP contribution in [0.5, 0.6) is 5.75 Å². The standard InChI is InChI=1S/C17H23F2NO3/c1-22-15-6-2-4-13(10-15)12-23-9-8-20-16(21)14-5-3-7-17(18,19)11-14/h2,4,6,10,14H,3,5,7-9,11-12H2,1H3,(H,20,21)/t14-/m1/s1. The lowest BCUT2D eigenvalue weighted by molar-refractivity contribution is -0.132. The summed E-state index contributed by atoms with van der Waals surface area (Å²) in [4.78, 5) is 11.9. The van der Waals surface area contributed by atoms with Crippen LogP contribution in [0.3, 0.4) is 0 Å². The predicted molar refractivity (Wildman–Crippen MR) is 82.6 cm³/mol. The molecule has 4 nitrogen and oxygen atoms in total. The van der Waals surface area contributed by atoms with Crippen LogP contribution in [0.4, 0.5) is 8.78 Å². The largest absolute Gasteiger partial charge is 0.497 e. The van der Waals surface area contributed by atoms with E-state index >= 15 is 0 Å². The highest BCUT2D eigenvalue weighted by atomic mass is 19.3. The minimum Gasteiger partial charge on any atom is -0.497 e. The first-order valence-corrected chi connectivity index (χ1v) is 7.86. The SMILES string of the molecule is COc1cccc(COCCNC(=O)[C@@H]2CCCC(F)(F)C2)c1. The fourth-order valence-corrected chi connectivity index (χ4v) is 2.74. The van der Waals surface area contributed by atoms with Gasteiger partial charge in [0.05, 0.1) is 20.3 Å². The molecule has 1 amide bonds. The molecule has 1 atom stereocenters. The number of ether oxygens (including phenoxy) is 2. The van der Waals surface area contributed by atoms with E-state index in [-0.39, 0.29) is 18.7 Å². The second-order valence-electron chi connectivity index (χ2n) is 5.84. The van der Waals surface area contributed by atoms with Crippen molar-refractivity contribution in [3.05, 3.63) is 29.8 Å². The Kier molecular flexibility index (Phi) is 6.33. The smallest absolute Gasteiger partial charge is 0.248 e. The van der Waals surface area contributed by atoms with Gasteiger partial charge in [-0.05, 0) is 30.5 Å². The Morgan fingerprint density at radius 1 is 1.43 bits per heavy atom. The molecule has 0 heterocycles. The number of alkyl halides is 2. The van der Waals surface area contributed by atoms with E-state index in [1.807, 2.05) is 24.3 Å². The molecule has 0 spiro atoms. The first-order chi connectivity index (χ1) is 11.0. The number of methoxy groups -OCH3 is 1. The molecule has 1 saturated carbocycles. The molecule has 128 valence electrons. The van der Waals surface area contributed by atoms with Gasteiger partial charge in [0.1, 0.15) is 5.75 Å². The zero-order valence-electron chi connectivity index (χ0n) is 13.3. The molecule has 23 heavy (non-hydrogen) atoms. The van der Waals surface area contributed by atoms with Crippen LogP contribution in [0.15, 0.2) is 24.3 Å². The van der Waals surface area contributed by atoms with Crippen LogP contribution in [0.25, 0.3) is 0 Å². The van der Waals surface area contributed by atoms with Crippen LogP contribution in [-0.2, 0) is 16.1 Å². The highest BCUT2D eigenvalue weighted by Gasteiger charge is 2.38. The number of benzene rings is 1. The molecule has 2 rings (SSSR count). The summed E-state index contributed by atoms with van der Waals surface area (Å²) in [6.45, 7) is 1.07. The Bertz CT molecular complexity index is 522. The van der Waals surface area contributed by atoms with Gasteiger partial charge in [-0.2, -0.15) is 0 Å². The molecule has 1 aliphatic rings. The topological polar surface area (TPSA) is 47.6 Å². The monoisotopic (exact) mass is 327 g/mol. The molecule has 1 fully saturated rings. The highest BCUT2D eigenvalue weighted by molar-refractivity contribution is 5.78. The molecule has 0 saturated heterocycles. The maximum atomic E-state index is 13.3. The minimum absolute atomic E-state index is 0.111. The van der Waals surface area contributed by atoms with Gasteiger partial charge < -0.3 is 14.8 Å². The maximum absolute atomic E-state index is 13.3. The number of carbonyl (C=O) groups excluding carboxylic acids is 1. The van der Waals surface area contributed by atoms with E-state index in [0.717, 1.165) is 11.3 Å². The molecule has 1 aromatic rings. The molecular formula is C17H23F2NO3. The van der Waals surface area contributed by atoms with Crippen molar-refractivity contribution in [3.8, 4) is 5.75 Å². The molecule has 0 unspecified atom stereocenters. The van der Waals surface area contributed by atoms with Crippen molar-refractivity contribution >= 4 is 5.91 Å². The molecule has 1 aromatic carbocycles. The Labute approximate surface area is 135 Å². The Morgan fingerprint density at radius 3 is 3.00 bits per heavy atom. The summed E-state index contributed by atoms with van der Waals surface area (Å²) in [5, 5.41) is 2.68. The number of hydrogen-bond acceptors (Lipinski definition) is 3. The van der Waals surface area contributed by atoms with Gasteiger partial charge in [-0.1, -0.05) is 12.1 Å². The van der Waals surface area contributed by atoms with Gasteiger partial charge in [0, 0.05) is 25.3 Å². The number of amides is 1. The summed E-state index contributed by atoms with van der Waals surface area (Å²) >= 11 is 0. The highest BCUT2D eigenvalue weighted by Crippen LogP contribution is 2.36. The van der Waals surface area contributed by atoms with Crippen molar-refractivity contribution < 1.29 is 23.0 Å². The first-order valence-electron chi connectivity index (χ1n) is 7.86. The van der Waals surface area contributed by atoms with Gasteiger partial charge in [0.15, 0.2) is 0 Å². The molecular weight excluding hydrogens is 304 g/mol. The molecule has 0 aliphatic heterocycles. The summed E-state index contributed by atoms with van der Waals surface area (Å²) in [6, 6.07) is 7.53. The molecule has 1 N–H and O–H groups in total. The fraction of sp³-hybridized carbons (Fsp3) is 0.588. The van der Waals surface area contributed by atoms with E-state index < -0.39 is 11.8 Å². The average Bonchev–Trinajstić information content (AvgIpc) is 2.53. The van der Waals surface area contributed by atoms with E-state index in [1.165, 1.54) is 0 Å². The number of hydrogen-bond donors (Lipinski definition) is 1. The first kappa shape index (κ1) is 17.7. The summed E-state index contributed by atoms with van der Waals surface area (Å²) in [5.74, 6) is -2.83. The third kappa shape index (κ3) is 5.78. The van der Waals surface area contributed by atoms with Crippen LogP contribution in [0, 0.1) is 5.92 Å². The van der Waals surface area contributed by atoms with Gasteiger partial charge in [-0.25, -0.2) is 8.78 Å². The third-order valence-electron chi connectivity index (χ3n) is 3.96. The molecule has 6 heteroatoms. The van der Waals surface area contributed by atoms with Crippen molar-refractivity contribution in [2.24, 2.45) is 5.92 Å². The average molecular weight is 327 g/mol. The Balaban J connectivity index is 1.64. The lowest BCUT2D eigenvalue weighted by atomic mass is 9.86. The predicted octanol–water partition coefficient (Wildman–Crippen LogP) is 3.15. The van der Waals surface area contributed by atoms with Crippen molar-refractivity contribution in [3.63, 3.8) is 0 Å². The second kappa shape index (κ2) is 8.24. The van der Waals surface area contributed by atoms with E-state index in [1.54, 1.807) is 7.11 Å². The van der Waals surface area contributed by atoms with Gasteiger partial charge in [0.2, 0.25) is 11.8 Å². The van der Waals surface area contributed by atoms with Crippen molar-refractivity contribution in [1.29, 1.82) is 0 Å². The summed E-state index contributed by atoms with van der Waals surface area (Å²) < 4.78 is 37.2. The van der Waals surface area contributed by atoms with Crippen LogP contribution >= 0.6 is 0 Å². The maximum Gasteiger partial charge on any atom is 0.248 e. The normalized spacial score (nSPS) is 20.0. The molecule has 0 bridgehead atoms. The van der Waals surface area contributed by atoms with Crippen molar-refractivity contribution in [2.45, 2.75) is 38.2 Å². The zero-order chi connectivity index (χ0) is 16.7. The summed E-state index contributed by atoms with van der Waals surface area (Å²) in [7, 11) is 1.60. The minimum atomic E-state index is -2.71. The van der Waals surface area contributed by atoms with Gasteiger partial charge in [0.25, 0.3) is 0 Å². The summed E-state index contributed by atoms with van der Waals surface area (Å²) in [5.41, 5.74) is 0.975. The van der Waals surface area contributed by atoms with Gasteiger partial charge in [-0.3, -0.25) is 4.79 Å². The number of carbonyl (C=O) groups is 1. The van der Waals surface area contributed by atoms with E-state index in [0.29, 0.717) is 32.6 Å². The van der Waals surface area contributed by atoms with Crippen LogP contribution in [-0.4, -0.2) is 32.1 Å². The Hall–Kier alpha value is -1.69. The number of nitrogens with one attached hydrogen (secondary N) is 1. The number of rotatable bonds is 7. The van der Waals surface area contributed by atoms with Crippen LogP contribution in [0.2, 0.25) is 0 Å². The van der Waals surface area contributed by atoms with Crippen LogP contribution < -0.4 is 10.1 Å². The van der Waals surface area contributed by atoms with Crippen LogP contribution in [0.1, 0.15) is 31.2 Å². The van der Waals surface area contributed by atoms with Crippen molar-refractivity contribution in [2.75, 3.05) is 20.3 Å². The van der Waals surface area contributed by atoms with Crippen molar-refractivity contribution in [1.82, 2.24) is 5.32 Å². The van der Waals surface area contributed by atoms with Gasteiger partial charge >= 0.3 is 0 Å². The second-order valence-corrected chi connectivity index (χ2v) is 5.84. The lowest BCUT2D eigenvalue weighted by Crippen LogP contribution is -2.38. The molecule has 1 aliphatic carbocycles. The summed E-state index contributed by atoms with van der Waals surface area (Å²) in [6.07, 6.45) is 0.480.